The molecule has 1 saturated carbocycles. The van der Waals surface area contributed by atoms with Gasteiger partial charge in [0.25, 0.3) is 0 Å². The normalized spacial score (nSPS) is 23.5. The summed E-state index contributed by atoms with van der Waals surface area (Å²) in [7, 11) is 2.27. The number of nitrogens with zero attached hydrogens (tertiary/aromatic N) is 1. The van der Waals surface area contributed by atoms with E-state index < -0.39 is 0 Å². The second-order valence-corrected chi connectivity index (χ2v) is 6.98. The highest BCUT2D eigenvalue weighted by atomic mass is 32.2. The smallest absolute Gasteiger partial charge is 0.0472 e. The molecule has 0 spiro atoms. The zero-order chi connectivity index (χ0) is 12.8. The van der Waals surface area contributed by atoms with Crippen LogP contribution in [0, 0.1) is 5.41 Å². The molecule has 0 aromatic heterocycles. The molecule has 0 aromatic rings. The number of rotatable bonds is 8. The number of thioether (sulfide) groups is 1. The lowest BCUT2D eigenvalue weighted by atomic mass is 9.79. The van der Waals surface area contributed by atoms with Gasteiger partial charge in [0.05, 0.1) is 0 Å². The Hall–Kier alpha value is 0.230. The van der Waals surface area contributed by atoms with E-state index in [0.29, 0.717) is 5.41 Å². The summed E-state index contributed by atoms with van der Waals surface area (Å²) in [6, 6.07) is 0.821. The molecule has 2 fully saturated rings. The number of hydrogen-bond donors (Lipinski definition) is 1. The minimum atomic E-state index is 0.452. The predicted octanol–water partition coefficient (Wildman–Crippen LogP) is 1.83. The van der Waals surface area contributed by atoms with Crippen LogP contribution in [0.2, 0.25) is 0 Å². The van der Waals surface area contributed by atoms with Crippen molar-refractivity contribution < 1.29 is 4.74 Å². The average molecular weight is 272 g/mol. The van der Waals surface area contributed by atoms with Gasteiger partial charge in [-0.25, -0.2) is 0 Å². The van der Waals surface area contributed by atoms with E-state index in [1.54, 1.807) is 0 Å². The third-order valence-electron chi connectivity index (χ3n) is 4.18. The lowest BCUT2D eigenvalue weighted by molar-refractivity contribution is 0.0000389. The molecule has 0 atom stereocenters. The van der Waals surface area contributed by atoms with Gasteiger partial charge >= 0.3 is 0 Å². The van der Waals surface area contributed by atoms with Crippen LogP contribution < -0.4 is 5.32 Å². The molecule has 2 rings (SSSR count). The summed E-state index contributed by atoms with van der Waals surface area (Å²) in [4.78, 5) is 2.51. The monoisotopic (exact) mass is 272 g/mol. The van der Waals surface area contributed by atoms with Crippen LogP contribution in [0.4, 0.5) is 0 Å². The van der Waals surface area contributed by atoms with Gasteiger partial charge in [-0.3, -0.25) is 0 Å². The highest BCUT2D eigenvalue weighted by Gasteiger charge is 2.35. The molecule has 106 valence electrons. The summed E-state index contributed by atoms with van der Waals surface area (Å²) in [5.74, 6) is 1.24. The highest BCUT2D eigenvalue weighted by molar-refractivity contribution is 7.98. The van der Waals surface area contributed by atoms with Gasteiger partial charge in [-0.1, -0.05) is 0 Å². The van der Waals surface area contributed by atoms with Crippen LogP contribution in [0.25, 0.3) is 0 Å². The topological polar surface area (TPSA) is 24.5 Å². The molecule has 18 heavy (non-hydrogen) atoms. The Kier molecular flexibility index (Phi) is 5.80. The SMILES string of the molecule is CSCCN(C)CC1(CNC2CC2)CCOCC1. The van der Waals surface area contributed by atoms with Crippen molar-refractivity contribution in [3.8, 4) is 0 Å². The molecule has 0 unspecified atom stereocenters. The van der Waals surface area contributed by atoms with Gasteiger partial charge in [-0.15, -0.1) is 0 Å². The van der Waals surface area contributed by atoms with Crippen molar-refractivity contribution in [2.75, 3.05) is 51.9 Å². The first kappa shape index (κ1) is 14.6. The Balaban J connectivity index is 1.81. The van der Waals surface area contributed by atoms with Crippen molar-refractivity contribution in [3.05, 3.63) is 0 Å². The van der Waals surface area contributed by atoms with E-state index in [9.17, 15) is 0 Å². The van der Waals surface area contributed by atoms with Crippen LogP contribution in [0.5, 0.6) is 0 Å². The van der Waals surface area contributed by atoms with Crippen LogP contribution in [0.3, 0.4) is 0 Å². The molecule has 3 nitrogen and oxygen atoms in total. The van der Waals surface area contributed by atoms with Crippen LogP contribution in [-0.2, 0) is 4.74 Å². The maximum atomic E-state index is 5.56. The molecule has 0 radical (unpaired) electrons. The third kappa shape index (κ3) is 4.72. The number of hydrogen-bond acceptors (Lipinski definition) is 4. The van der Waals surface area contributed by atoms with Gasteiger partial charge in [0.15, 0.2) is 0 Å². The van der Waals surface area contributed by atoms with E-state index in [4.69, 9.17) is 4.74 Å². The van der Waals surface area contributed by atoms with Crippen molar-refractivity contribution in [1.82, 2.24) is 10.2 Å². The largest absolute Gasteiger partial charge is 0.381 e. The van der Waals surface area contributed by atoms with Crippen molar-refractivity contribution in [3.63, 3.8) is 0 Å². The Morgan fingerprint density at radius 1 is 1.33 bits per heavy atom. The molecular weight excluding hydrogens is 244 g/mol. The van der Waals surface area contributed by atoms with E-state index in [1.165, 1.54) is 51.1 Å². The first-order chi connectivity index (χ1) is 8.74. The molecule has 1 saturated heterocycles. The van der Waals surface area contributed by atoms with Crippen molar-refractivity contribution in [2.45, 2.75) is 31.7 Å². The van der Waals surface area contributed by atoms with E-state index in [1.807, 2.05) is 11.8 Å². The molecule has 1 aliphatic carbocycles. The Labute approximate surface area is 116 Å². The van der Waals surface area contributed by atoms with E-state index in [-0.39, 0.29) is 0 Å². The summed E-state index contributed by atoms with van der Waals surface area (Å²) < 4.78 is 5.56. The Bertz CT molecular complexity index is 240. The summed E-state index contributed by atoms with van der Waals surface area (Å²) in [5.41, 5.74) is 0.452. The quantitative estimate of drug-likeness (QED) is 0.728. The van der Waals surface area contributed by atoms with Gasteiger partial charge in [0, 0.05) is 44.6 Å². The average Bonchev–Trinajstić information content (AvgIpc) is 3.19. The Morgan fingerprint density at radius 3 is 2.67 bits per heavy atom. The number of ether oxygens (including phenoxy) is 1. The van der Waals surface area contributed by atoms with Gasteiger partial charge in [-0.2, -0.15) is 11.8 Å². The summed E-state index contributed by atoms with van der Waals surface area (Å²) in [5, 5.41) is 3.74. The summed E-state index contributed by atoms with van der Waals surface area (Å²) in [6.45, 7) is 5.50. The summed E-state index contributed by atoms with van der Waals surface area (Å²) >= 11 is 1.94. The first-order valence-corrected chi connectivity index (χ1v) is 8.62. The summed E-state index contributed by atoms with van der Waals surface area (Å²) in [6.07, 6.45) is 7.39. The Morgan fingerprint density at radius 2 is 2.06 bits per heavy atom. The van der Waals surface area contributed by atoms with Crippen molar-refractivity contribution in [1.29, 1.82) is 0 Å². The second-order valence-electron chi connectivity index (χ2n) is 6.00. The van der Waals surface area contributed by atoms with Crippen LogP contribution in [-0.4, -0.2) is 62.8 Å². The van der Waals surface area contributed by atoms with E-state index >= 15 is 0 Å². The van der Waals surface area contributed by atoms with Gasteiger partial charge in [-0.05, 0) is 44.4 Å². The number of nitrogens with one attached hydrogen (secondary N) is 1. The highest BCUT2D eigenvalue weighted by Crippen LogP contribution is 2.32. The van der Waals surface area contributed by atoms with E-state index in [2.05, 4.69) is 23.5 Å². The maximum Gasteiger partial charge on any atom is 0.0472 e. The predicted molar refractivity (Wildman–Crippen MR) is 79.4 cm³/mol. The minimum Gasteiger partial charge on any atom is -0.381 e. The molecule has 0 aromatic carbocycles. The van der Waals surface area contributed by atoms with Gasteiger partial charge in [0.2, 0.25) is 0 Å². The molecule has 1 heterocycles. The van der Waals surface area contributed by atoms with Crippen LogP contribution in [0.1, 0.15) is 25.7 Å². The third-order valence-corrected chi connectivity index (χ3v) is 4.77. The zero-order valence-electron chi connectivity index (χ0n) is 11.9. The first-order valence-electron chi connectivity index (χ1n) is 7.23. The fourth-order valence-corrected chi connectivity index (χ4v) is 3.24. The van der Waals surface area contributed by atoms with Crippen LogP contribution in [0.15, 0.2) is 0 Å². The van der Waals surface area contributed by atoms with Crippen molar-refractivity contribution >= 4 is 11.8 Å². The zero-order valence-corrected chi connectivity index (χ0v) is 12.7. The molecule has 0 bridgehead atoms. The molecule has 2 aliphatic rings. The standard InChI is InChI=1S/C14H28N2OS/c1-16(7-10-18-2)12-14(5-8-17-9-6-14)11-15-13-3-4-13/h13,15H,3-12H2,1-2H3. The fraction of sp³-hybridized carbons (Fsp3) is 1.00. The molecular formula is C14H28N2OS. The second kappa shape index (κ2) is 7.13. The van der Waals surface area contributed by atoms with Gasteiger partial charge < -0.3 is 15.0 Å². The molecule has 1 aliphatic heterocycles. The minimum absolute atomic E-state index is 0.452. The molecule has 0 amide bonds. The lowest BCUT2D eigenvalue weighted by Crippen LogP contribution is -2.47. The van der Waals surface area contributed by atoms with Crippen LogP contribution >= 0.6 is 11.8 Å². The molecule has 4 heteroatoms. The molecule has 1 N–H and O–H groups in total. The van der Waals surface area contributed by atoms with E-state index in [0.717, 1.165) is 19.3 Å². The lowest BCUT2D eigenvalue weighted by Gasteiger charge is -2.40. The van der Waals surface area contributed by atoms with Crippen molar-refractivity contribution in [2.24, 2.45) is 5.41 Å². The van der Waals surface area contributed by atoms with Gasteiger partial charge in [0.1, 0.15) is 0 Å². The fourth-order valence-electron chi connectivity index (χ4n) is 2.74. The maximum absolute atomic E-state index is 5.56.